The number of anilines is 1. The largest absolute Gasteiger partial charge is 0.480 e. The molecule has 0 bridgehead atoms. The molecule has 2 atom stereocenters. The van der Waals surface area contributed by atoms with E-state index in [-0.39, 0.29) is 5.91 Å². The van der Waals surface area contributed by atoms with Crippen LogP contribution in [0.2, 0.25) is 0 Å². The van der Waals surface area contributed by atoms with E-state index in [2.05, 4.69) is 11.8 Å². The van der Waals surface area contributed by atoms with Gasteiger partial charge in [0.05, 0.1) is 5.69 Å². The zero-order valence-corrected chi connectivity index (χ0v) is 16.5. The van der Waals surface area contributed by atoms with Crippen molar-refractivity contribution in [2.45, 2.75) is 51.1 Å². The Kier molecular flexibility index (Phi) is 4.26. The molecular weight excluding hydrogens is 368 g/mol. The lowest BCUT2D eigenvalue weighted by Crippen LogP contribution is -2.55. The molecule has 0 unspecified atom stereocenters. The van der Waals surface area contributed by atoms with Gasteiger partial charge in [0.1, 0.15) is 6.04 Å². The van der Waals surface area contributed by atoms with E-state index in [0.717, 1.165) is 55.1 Å². The topological polar surface area (TPSA) is 86.6 Å². The van der Waals surface area contributed by atoms with Crippen LogP contribution < -0.4 is 4.90 Å². The van der Waals surface area contributed by atoms with Crippen molar-refractivity contribution in [2.75, 3.05) is 18.0 Å². The molecule has 2 aliphatic heterocycles. The molecule has 1 aromatic carbocycles. The Morgan fingerprint density at radius 3 is 2.66 bits per heavy atom. The van der Waals surface area contributed by atoms with Crippen LogP contribution in [-0.4, -0.2) is 57.0 Å². The second kappa shape index (κ2) is 6.83. The summed E-state index contributed by atoms with van der Waals surface area (Å²) in [5.74, 6) is -0.389. The van der Waals surface area contributed by atoms with Gasteiger partial charge in [-0.1, -0.05) is 12.1 Å². The van der Waals surface area contributed by atoms with Gasteiger partial charge in [-0.2, -0.15) is 0 Å². The number of rotatable bonds is 4. The number of nitrogens with zero attached hydrogens (tertiary/aromatic N) is 4. The highest BCUT2D eigenvalue weighted by Gasteiger charge is 2.38. The van der Waals surface area contributed by atoms with Crippen LogP contribution in [0.5, 0.6) is 0 Å². The van der Waals surface area contributed by atoms with Crippen LogP contribution in [0.4, 0.5) is 5.95 Å². The second-order valence-corrected chi connectivity index (χ2v) is 8.20. The number of carboxylic acid groups (broad SMARTS) is 1. The number of benzene rings is 1. The van der Waals surface area contributed by atoms with Crippen LogP contribution in [0.15, 0.2) is 24.3 Å². The lowest BCUT2D eigenvalue weighted by atomic mass is 9.98. The van der Waals surface area contributed by atoms with Crippen molar-refractivity contribution in [1.29, 1.82) is 0 Å². The predicted octanol–water partition coefficient (Wildman–Crippen LogP) is 2.53. The molecule has 150 valence electrons. The number of aliphatic carboxylic acids is 1. The van der Waals surface area contributed by atoms with Crippen LogP contribution in [0.1, 0.15) is 47.8 Å². The highest BCUT2D eigenvalue weighted by atomic mass is 16.4. The van der Waals surface area contributed by atoms with Gasteiger partial charge < -0.3 is 14.9 Å². The summed E-state index contributed by atoms with van der Waals surface area (Å²) in [5, 5.41) is 9.26. The van der Waals surface area contributed by atoms with E-state index in [1.165, 1.54) is 10.5 Å². The molecule has 7 heteroatoms. The SMILES string of the molecule is C[C@H]1CCN1c1nc2c(c(-c3cccc(C(=O)N4CC[C@H]4C(=O)O)c3)n1)CCC2. The minimum absolute atomic E-state index is 0.229. The van der Waals surface area contributed by atoms with Crippen molar-refractivity contribution in [3.05, 3.63) is 41.1 Å². The molecule has 3 heterocycles. The van der Waals surface area contributed by atoms with E-state index >= 15 is 0 Å². The molecule has 29 heavy (non-hydrogen) atoms. The molecule has 1 aromatic heterocycles. The van der Waals surface area contributed by atoms with Crippen LogP contribution >= 0.6 is 0 Å². The molecule has 7 nitrogen and oxygen atoms in total. The number of fused-ring (bicyclic) bond motifs is 1. The summed E-state index contributed by atoms with van der Waals surface area (Å²) in [6.07, 6.45) is 4.65. The second-order valence-electron chi connectivity index (χ2n) is 8.20. The molecule has 5 rings (SSSR count). The third-order valence-electron chi connectivity index (χ3n) is 6.45. The Morgan fingerprint density at radius 1 is 1.14 bits per heavy atom. The Balaban J connectivity index is 1.51. The predicted molar refractivity (Wildman–Crippen MR) is 108 cm³/mol. The summed E-state index contributed by atoms with van der Waals surface area (Å²) < 4.78 is 0. The first-order valence-electron chi connectivity index (χ1n) is 10.3. The van der Waals surface area contributed by atoms with E-state index in [4.69, 9.17) is 9.97 Å². The molecule has 3 aliphatic rings. The molecule has 2 aromatic rings. The van der Waals surface area contributed by atoms with Crippen LogP contribution in [0, 0.1) is 0 Å². The molecule has 0 spiro atoms. The van der Waals surface area contributed by atoms with Crippen molar-refractivity contribution in [1.82, 2.24) is 14.9 Å². The summed E-state index contributed by atoms with van der Waals surface area (Å²) in [6.45, 7) is 3.65. The molecule has 2 fully saturated rings. The van der Waals surface area contributed by atoms with Crippen molar-refractivity contribution < 1.29 is 14.7 Å². The lowest BCUT2D eigenvalue weighted by molar-refractivity contribution is -0.146. The summed E-state index contributed by atoms with van der Waals surface area (Å²) >= 11 is 0. The smallest absolute Gasteiger partial charge is 0.326 e. The summed E-state index contributed by atoms with van der Waals surface area (Å²) in [6, 6.07) is 7.18. The lowest BCUT2D eigenvalue weighted by Gasteiger charge is -2.39. The number of carbonyl (C=O) groups is 2. The van der Waals surface area contributed by atoms with Crippen molar-refractivity contribution >= 4 is 17.8 Å². The highest BCUT2D eigenvalue weighted by molar-refractivity contribution is 5.98. The fraction of sp³-hybridized carbons (Fsp3) is 0.455. The quantitative estimate of drug-likeness (QED) is 0.860. The van der Waals surface area contributed by atoms with Gasteiger partial charge in [0.2, 0.25) is 5.95 Å². The Hall–Kier alpha value is -2.96. The molecule has 1 N–H and O–H groups in total. The molecule has 0 radical (unpaired) electrons. The standard InChI is InChI=1S/C22H24N4O3/c1-13-8-10-25(13)22-23-17-7-3-6-16(17)19(24-22)14-4-2-5-15(12-14)20(27)26-11-9-18(26)21(28)29/h2,4-5,12-13,18H,3,6-11H2,1H3,(H,28,29)/t13-,18-/m0/s1. The highest BCUT2D eigenvalue weighted by Crippen LogP contribution is 2.34. The fourth-order valence-electron chi connectivity index (χ4n) is 4.45. The van der Waals surface area contributed by atoms with Crippen LogP contribution in [-0.2, 0) is 17.6 Å². The number of aryl methyl sites for hydroxylation is 1. The van der Waals surface area contributed by atoms with Gasteiger partial charge in [-0.25, -0.2) is 14.8 Å². The fourth-order valence-corrected chi connectivity index (χ4v) is 4.45. The van der Waals surface area contributed by atoms with Gasteiger partial charge in [0, 0.05) is 41.5 Å². The average molecular weight is 392 g/mol. The maximum atomic E-state index is 12.9. The van der Waals surface area contributed by atoms with Crippen molar-refractivity contribution in [2.24, 2.45) is 0 Å². The van der Waals surface area contributed by atoms with E-state index < -0.39 is 12.0 Å². The van der Waals surface area contributed by atoms with E-state index in [1.54, 1.807) is 6.07 Å². The molecule has 2 saturated heterocycles. The molecule has 1 amide bonds. The first-order valence-corrected chi connectivity index (χ1v) is 10.3. The monoisotopic (exact) mass is 392 g/mol. The summed E-state index contributed by atoms with van der Waals surface area (Å²) in [7, 11) is 0. The van der Waals surface area contributed by atoms with Gasteiger partial charge >= 0.3 is 5.97 Å². The van der Waals surface area contributed by atoms with E-state index in [0.29, 0.717) is 24.6 Å². The third kappa shape index (κ3) is 2.96. The third-order valence-corrected chi connectivity index (χ3v) is 6.45. The first kappa shape index (κ1) is 18.1. The Morgan fingerprint density at radius 2 is 2.00 bits per heavy atom. The van der Waals surface area contributed by atoms with Crippen molar-refractivity contribution in [3.63, 3.8) is 0 Å². The minimum atomic E-state index is -0.942. The van der Waals surface area contributed by atoms with Gasteiger partial charge in [-0.15, -0.1) is 0 Å². The average Bonchev–Trinajstić information content (AvgIpc) is 3.13. The van der Waals surface area contributed by atoms with Crippen LogP contribution in [0.25, 0.3) is 11.3 Å². The number of carboxylic acids is 1. The zero-order valence-electron chi connectivity index (χ0n) is 16.5. The molecule has 0 saturated carbocycles. The number of aromatic nitrogens is 2. The van der Waals surface area contributed by atoms with Gasteiger partial charge in [0.15, 0.2) is 0 Å². The molecular formula is C22H24N4O3. The van der Waals surface area contributed by atoms with Crippen LogP contribution in [0.3, 0.4) is 0 Å². The Labute approximate surface area is 169 Å². The summed E-state index contributed by atoms with van der Waals surface area (Å²) in [4.78, 5) is 37.5. The van der Waals surface area contributed by atoms with Crippen molar-refractivity contribution in [3.8, 4) is 11.3 Å². The van der Waals surface area contributed by atoms with Gasteiger partial charge in [-0.05, 0) is 51.2 Å². The van der Waals surface area contributed by atoms with E-state index in [9.17, 15) is 14.7 Å². The van der Waals surface area contributed by atoms with Gasteiger partial charge in [0.25, 0.3) is 5.91 Å². The number of hydrogen-bond acceptors (Lipinski definition) is 5. The number of likely N-dealkylation sites (tertiary alicyclic amines) is 1. The normalized spacial score (nSPS) is 22.7. The minimum Gasteiger partial charge on any atom is -0.480 e. The maximum absolute atomic E-state index is 12.9. The zero-order chi connectivity index (χ0) is 20.1. The van der Waals surface area contributed by atoms with E-state index in [1.807, 2.05) is 18.2 Å². The van der Waals surface area contributed by atoms with Gasteiger partial charge in [-0.3, -0.25) is 4.79 Å². The maximum Gasteiger partial charge on any atom is 0.326 e. The number of amides is 1. The number of hydrogen-bond donors (Lipinski definition) is 1. The molecule has 1 aliphatic carbocycles. The summed E-state index contributed by atoms with van der Waals surface area (Å²) in [5.41, 5.74) is 4.62. The first-order chi connectivity index (χ1) is 14.0. The number of carbonyl (C=O) groups excluding carboxylic acids is 1. The Bertz CT molecular complexity index is 1010.